The van der Waals surface area contributed by atoms with E-state index in [-0.39, 0.29) is 17.5 Å². The van der Waals surface area contributed by atoms with Crippen LogP contribution in [0.1, 0.15) is 47.2 Å². The number of hydrogen-bond acceptors (Lipinski definition) is 5. The molecule has 3 rings (SSSR count). The lowest BCUT2D eigenvalue weighted by molar-refractivity contribution is 0.102. The zero-order chi connectivity index (χ0) is 20.1. The van der Waals surface area contributed by atoms with E-state index in [1.54, 1.807) is 31.2 Å². The van der Waals surface area contributed by atoms with E-state index in [1.165, 1.54) is 0 Å². The predicted octanol–water partition coefficient (Wildman–Crippen LogP) is 4.78. The summed E-state index contributed by atoms with van der Waals surface area (Å²) in [4.78, 5) is 21.4. The van der Waals surface area contributed by atoms with Crippen LogP contribution < -0.4 is 10.6 Å². The van der Waals surface area contributed by atoms with Gasteiger partial charge in [0.2, 0.25) is 0 Å². The molecular weight excluding hydrogens is 350 g/mol. The first-order valence-corrected chi connectivity index (χ1v) is 9.00. The number of benzene rings is 2. The second-order valence-corrected chi connectivity index (χ2v) is 6.66. The van der Waals surface area contributed by atoms with Crippen LogP contribution in [0.15, 0.2) is 54.6 Å². The van der Waals surface area contributed by atoms with Crippen LogP contribution in [0.2, 0.25) is 0 Å². The summed E-state index contributed by atoms with van der Waals surface area (Å²) in [6.07, 6.45) is 0. The minimum atomic E-state index is -0.310. The zero-order valence-corrected chi connectivity index (χ0v) is 16.0. The Morgan fingerprint density at radius 1 is 1.04 bits per heavy atom. The third-order valence-electron chi connectivity index (χ3n) is 4.21. The molecule has 28 heavy (non-hydrogen) atoms. The van der Waals surface area contributed by atoms with Gasteiger partial charge in [0.15, 0.2) is 0 Å². The van der Waals surface area contributed by atoms with Crippen LogP contribution in [-0.4, -0.2) is 15.9 Å². The SMILES string of the molecule is Cc1nc(Nc2ccccc2C#N)cc(C(=O)Nc2ccccc2C(C)C)n1. The molecule has 0 saturated carbocycles. The number of amides is 1. The molecule has 1 aromatic heterocycles. The van der Waals surface area contributed by atoms with Crippen molar-refractivity contribution >= 4 is 23.1 Å². The fraction of sp³-hybridized carbons (Fsp3) is 0.182. The molecular formula is C22H21N5O. The number of anilines is 3. The number of nitrogens with zero attached hydrogens (tertiary/aromatic N) is 3. The van der Waals surface area contributed by atoms with Crippen LogP contribution >= 0.6 is 0 Å². The first-order chi connectivity index (χ1) is 13.5. The molecule has 1 amide bonds. The van der Waals surface area contributed by atoms with Crippen molar-refractivity contribution < 1.29 is 4.79 Å². The fourth-order valence-electron chi connectivity index (χ4n) is 2.88. The number of carbonyl (C=O) groups excluding carboxylic acids is 1. The van der Waals surface area contributed by atoms with Crippen LogP contribution in [0.5, 0.6) is 0 Å². The number of para-hydroxylation sites is 2. The van der Waals surface area contributed by atoms with Gasteiger partial charge in [0, 0.05) is 11.8 Å². The number of carbonyl (C=O) groups is 1. The van der Waals surface area contributed by atoms with Gasteiger partial charge in [-0.3, -0.25) is 4.79 Å². The average molecular weight is 371 g/mol. The molecule has 0 unspecified atom stereocenters. The summed E-state index contributed by atoms with van der Waals surface area (Å²) < 4.78 is 0. The van der Waals surface area contributed by atoms with Gasteiger partial charge in [-0.25, -0.2) is 9.97 Å². The van der Waals surface area contributed by atoms with Crippen molar-refractivity contribution in [2.45, 2.75) is 26.7 Å². The van der Waals surface area contributed by atoms with Gasteiger partial charge in [-0.2, -0.15) is 5.26 Å². The van der Waals surface area contributed by atoms with Gasteiger partial charge in [0.05, 0.1) is 11.3 Å². The van der Waals surface area contributed by atoms with Crippen molar-refractivity contribution in [1.29, 1.82) is 5.26 Å². The van der Waals surface area contributed by atoms with Crippen molar-refractivity contribution in [3.63, 3.8) is 0 Å². The number of nitriles is 1. The first-order valence-electron chi connectivity index (χ1n) is 9.00. The molecule has 0 spiro atoms. The standard InChI is InChI=1S/C22H21N5O/c1-14(2)17-9-5-7-11-19(17)27-22(28)20-12-21(25-15(3)24-20)26-18-10-6-4-8-16(18)13-23/h4-12,14H,1-3H3,(H,27,28)(H,24,25,26). The molecule has 2 N–H and O–H groups in total. The van der Waals surface area contributed by atoms with Gasteiger partial charge < -0.3 is 10.6 Å². The monoisotopic (exact) mass is 371 g/mol. The molecule has 140 valence electrons. The average Bonchev–Trinajstić information content (AvgIpc) is 2.68. The first kappa shape index (κ1) is 19.1. The Kier molecular flexibility index (Phi) is 5.66. The maximum atomic E-state index is 12.8. The van der Waals surface area contributed by atoms with E-state index >= 15 is 0 Å². The predicted molar refractivity (Wildman–Crippen MR) is 110 cm³/mol. The molecule has 0 atom stereocenters. The highest BCUT2D eigenvalue weighted by molar-refractivity contribution is 6.03. The van der Waals surface area contributed by atoms with E-state index in [4.69, 9.17) is 0 Å². The maximum absolute atomic E-state index is 12.8. The lowest BCUT2D eigenvalue weighted by Gasteiger charge is -2.14. The smallest absolute Gasteiger partial charge is 0.274 e. The summed E-state index contributed by atoms with van der Waals surface area (Å²) in [7, 11) is 0. The van der Waals surface area contributed by atoms with Crippen LogP contribution in [-0.2, 0) is 0 Å². The maximum Gasteiger partial charge on any atom is 0.274 e. The van der Waals surface area contributed by atoms with Gasteiger partial charge in [-0.1, -0.05) is 44.2 Å². The van der Waals surface area contributed by atoms with E-state index < -0.39 is 0 Å². The van der Waals surface area contributed by atoms with Gasteiger partial charge in [-0.05, 0) is 36.6 Å². The molecule has 0 radical (unpaired) electrons. The normalized spacial score (nSPS) is 10.4. The topological polar surface area (TPSA) is 90.7 Å². The molecule has 0 aliphatic carbocycles. The molecule has 1 heterocycles. The lowest BCUT2D eigenvalue weighted by Crippen LogP contribution is -2.16. The molecule has 6 heteroatoms. The number of hydrogen-bond donors (Lipinski definition) is 2. The Bertz CT molecular complexity index is 1050. The van der Waals surface area contributed by atoms with E-state index in [0.717, 1.165) is 11.3 Å². The molecule has 6 nitrogen and oxygen atoms in total. The number of aryl methyl sites for hydroxylation is 1. The van der Waals surface area contributed by atoms with Crippen LogP contribution in [0.4, 0.5) is 17.2 Å². The lowest BCUT2D eigenvalue weighted by atomic mass is 10.0. The second-order valence-electron chi connectivity index (χ2n) is 6.66. The highest BCUT2D eigenvalue weighted by atomic mass is 16.1. The highest BCUT2D eigenvalue weighted by Gasteiger charge is 2.14. The van der Waals surface area contributed by atoms with Crippen LogP contribution in [0.25, 0.3) is 0 Å². The molecule has 0 saturated heterocycles. The molecule has 2 aromatic carbocycles. The van der Waals surface area contributed by atoms with Crippen molar-refractivity contribution in [2.75, 3.05) is 10.6 Å². The van der Waals surface area contributed by atoms with E-state index in [0.29, 0.717) is 22.9 Å². The van der Waals surface area contributed by atoms with Gasteiger partial charge in [0.1, 0.15) is 23.4 Å². The summed E-state index contributed by atoms with van der Waals surface area (Å²) in [5.74, 6) is 0.887. The fourth-order valence-corrected chi connectivity index (χ4v) is 2.88. The van der Waals surface area contributed by atoms with E-state index in [1.807, 2.05) is 30.3 Å². The summed E-state index contributed by atoms with van der Waals surface area (Å²) in [5, 5.41) is 15.3. The Morgan fingerprint density at radius 3 is 2.43 bits per heavy atom. The minimum Gasteiger partial charge on any atom is -0.339 e. The third-order valence-corrected chi connectivity index (χ3v) is 4.21. The summed E-state index contributed by atoms with van der Waals surface area (Å²) in [6, 6.07) is 18.5. The Morgan fingerprint density at radius 2 is 1.71 bits per heavy atom. The number of nitrogens with one attached hydrogen (secondary N) is 2. The van der Waals surface area contributed by atoms with Gasteiger partial charge in [-0.15, -0.1) is 0 Å². The Balaban J connectivity index is 1.87. The Hall–Kier alpha value is -3.72. The van der Waals surface area contributed by atoms with Crippen LogP contribution in [0, 0.1) is 18.3 Å². The quantitative estimate of drug-likeness (QED) is 0.674. The molecule has 3 aromatic rings. The summed E-state index contributed by atoms with van der Waals surface area (Å²) in [5.41, 5.74) is 3.20. The Labute approximate surface area is 164 Å². The van der Waals surface area contributed by atoms with Crippen LogP contribution in [0.3, 0.4) is 0 Å². The van der Waals surface area contributed by atoms with Crippen molar-refractivity contribution in [2.24, 2.45) is 0 Å². The van der Waals surface area contributed by atoms with Crippen molar-refractivity contribution in [3.05, 3.63) is 77.2 Å². The van der Waals surface area contributed by atoms with E-state index in [9.17, 15) is 10.1 Å². The molecule has 0 aliphatic heterocycles. The minimum absolute atomic E-state index is 0.253. The summed E-state index contributed by atoms with van der Waals surface area (Å²) >= 11 is 0. The third kappa shape index (κ3) is 4.33. The van der Waals surface area contributed by atoms with Gasteiger partial charge >= 0.3 is 0 Å². The number of rotatable bonds is 5. The zero-order valence-electron chi connectivity index (χ0n) is 16.0. The van der Waals surface area contributed by atoms with E-state index in [2.05, 4.69) is 40.5 Å². The summed E-state index contributed by atoms with van der Waals surface area (Å²) in [6.45, 7) is 5.88. The largest absolute Gasteiger partial charge is 0.339 e. The second kappa shape index (κ2) is 8.31. The molecule has 0 fully saturated rings. The van der Waals surface area contributed by atoms with Crippen molar-refractivity contribution in [3.8, 4) is 6.07 Å². The van der Waals surface area contributed by atoms with Crippen molar-refractivity contribution in [1.82, 2.24) is 9.97 Å². The van der Waals surface area contributed by atoms with Gasteiger partial charge in [0.25, 0.3) is 5.91 Å². The highest BCUT2D eigenvalue weighted by Crippen LogP contribution is 2.24. The molecule has 0 bridgehead atoms. The number of aromatic nitrogens is 2. The molecule has 0 aliphatic rings.